The van der Waals surface area contributed by atoms with Gasteiger partial charge in [0.1, 0.15) is 11.7 Å². The molecular weight excluding hydrogens is 548 g/mol. The highest BCUT2D eigenvalue weighted by Gasteiger charge is 2.69. The predicted molar refractivity (Wildman–Crippen MR) is 146 cm³/mol. The number of nitrogens with zero attached hydrogens (tertiary/aromatic N) is 2. The Balaban J connectivity index is 1.54. The smallest absolute Gasteiger partial charge is 0.317 e. The lowest BCUT2D eigenvalue weighted by atomic mass is 9.52. The number of aliphatic hydroxyl groups excluding tert-OH is 1. The topological polar surface area (TPSA) is 200 Å². The number of morpholine rings is 1. The summed E-state index contributed by atoms with van der Waals surface area (Å²) in [6, 6.07) is 0.481. The zero-order valence-corrected chi connectivity index (χ0v) is 24.0. The number of aryl methyl sites for hydroxylation is 1. The normalized spacial score (nSPS) is 32.7. The van der Waals surface area contributed by atoms with Gasteiger partial charge in [-0.05, 0) is 56.0 Å². The average molecular weight is 587 g/mol. The number of likely N-dealkylation sites (N-methyl/N-ethyl adjacent to an activating group) is 1. The lowest BCUT2D eigenvalue weighted by molar-refractivity contribution is -0.190. The van der Waals surface area contributed by atoms with E-state index in [0.29, 0.717) is 49.4 Å². The standard InChI is InChI=1S/C29H38N4O9/c1-4-13-9-15(12-31-28(40)33-5-7-42-8-6-33)16-10-14-11-17-21(32(2)3)24(36)20(27(30)39)26(38)29(17,41)25(37)18(14)23(35)19(16)22(13)34/h9,14,17-18,20-21,24,34,36,41H,4-8,10-12H2,1-3H3,(H2,30,39)(H,31,40)/t14-,17-,18?,20?,21?,24?,29-/m1/s1. The Kier molecular flexibility index (Phi) is 7.90. The maximum atomic E-state index is 14.0. The summed E-state index contributed by atoms with van der Waals surface area (Å²) in [4.78, 5) is 69.7. The number of hydrogen-bond donors (Lipinski definition) is 5. The summed E-state index contributed by atoms with van der Waals surface area (Å²) in [6.45, 7) is 3.64. The Bertz CT molecular complexity index is 1340. The molecule has 1 aliphatic heterocycles. The number of aromatic hydroxyl groups is 1. The van der Waals surface area contributed by atoms with E-state index in [9.17, 15) is 39.3 Å². The Morgan fingerprint density at radius 3 is 2.43 bits per heavy atom. The van der Waals surface area contributed by atoms with Crippen LogP contribution in [0, 0.1) is 23.7 Å². The number of amides is 3. The molecule has 0 aromatic heterocycles. The minimum atomic E-state index is -2.71. The SMILES string of the molecule is CCc1cc(CNC(=O)N2CCOCC2)c2c(c1O)C(=O)C1C(=O)[C@@]3(O)C(=O)C(C(N)=O)C(O)C(N(C)C)[C@H]3C[C@H]1C2. The van der Waals surface area contributed by atoms with Gasteiger partial charge in [-0.1, -0.05) is 13.0 Å². The first kappa shape index (κ1) is 30.1. The number of aliphatic hydroxyl groups is 2. The fourth-order valence-corrected chi connectivity index (χ4v) is 7.50. The molecule has 6 N–H and O–H groups in total. The molecule has 1 aromatic carbocycles. The number of benzene rings is 1. The number of nitrogens with one attached hydrogen (secondary N) is 1. The van der Waals surface area contributed by atoms with Crippen molar-refractivity contribution in [1.82, 2.24) is 15.1 Å². The van der Waals surface area contributed by atoms with Crippen molar-refractivity contribution < 1.29 is 44.0 Å². The fraction of sp³-hybridized carbons (Fsp3) is 0.621. The maximum absolute atomic E-state index is 14.0. The molecular formula is C29H38N4O9. The van der Waals surface area contributed by atoms with Crippen LogP contribution >= 0.6 is 0 Å². The number of nitrogens with two attached hydrogens (primary N) is 1. The Hall–Kier alpha value is -3.39. The largest absolute Gasteiger partial charge is 0.507 e. The van der Waals surface area contributed by atoms with Gasteiger partial charge in [-0.2, -0.15) is 0 Å². The van der Waals surface area contributed by atoms with Crippen molar-refractivity contribution in [3.05, 3.63) is 28.3 Å². The second-order valence-electron chi connectivity index (χ2n) is 12.0. The van der Waals surface area contributed by atoms with Crippen LogP contribution in [0.4, 0.5) is 4.79 Å². The van der Waals surface area contributed by atoms with Gasteiger partial charge in [0.15, 0.2) is 23.0 Å². The Morgan fingerprint density at radius 1 is 1.17 bits per heavy atom. The quantitative estimate of drug-likeness (QED) is 0.260. The van der Waals surface area contributed by atoms with Gasteiger partial charge in [0.2, 0.25) is 5.91 Å². The molecule has 0 radical (unpaired) electrons. The third-order valence-corrected chi connectivity index (χ3v) is 9.57. The van der Waals surface area contributed by atoms with Crippen LogP contribution in [0.15, 0.2) is 6.07 Å². The second kappa shape index (κ2) is 11.0. The Morgan fingerprint density at radius 2 is 1.83 bits per heavy atom. The molecule has 7 atom stereocenters. The van der Waals surface area contributed by atoms with Crippen LogP contribution in [-0.2, 0) is 38.5 Å². The monoisotopic (exact) mass is 586 g/mol. The minimum absolute atomic E-state index is 0.0189. The number of rotatable bonds is 5. The highest BCUT2D eigenvalue weighted by Crippen LogP contribution is 2.52. The molecule has 13 heteroatoms. The number of hydrogen-bond acceptors (Lipinski definition) is 10. The molecule has 3 fully saturated rings. The number of ketones is 3. The molecule has 0 bridgehead atoms. The van der Waals surface area contributed by atoms with Crippen molar-refractivity contribution >= 4 is 29.3 Å². The molecule has 4 unspecified atom stereocenters. The van der Waals surface area contributed by atoms with Gasteiger partial charge < -0.3 is 40.9 Å². The number of primary amides is 1. The molecule has 13 nitrogen and oxygen atoms in total. The first-order chi connectivity index (χ1) is 19.8. The van der Waals surface area contributed by atoms with Crippen molar-refractivity contribution in [2.45, 2.75) is 50.5 Å². The molecule has 1 aromatic rings. The number of ether oxygens (including phenoxy) is 1. The van der Waals surface area contributed by atoms with Crippen molar-refractivity contribution in [3.8, 4) is 5.75 Å². The molecule has 4 aliphatic rings. The third kappa shape index (κ3) is 4.50. The van der Waals surface area contributed by atoms with Gasteiger partial charge in [0.25, 0.3) is 0 Å². The number of phenolic OH excluding ortho intramolecular Hbond substituents is 1. The fourth-order valence-electron chi connectivity index (χ4n) is 7.50. The van der Waals surface area contributed by atoms with Crippen molar-refractivity contribution in [1.29, 1.82) is 0 Å². The highest BCUT2D eigenvalue weighted by molar-refractivity contribution is 6.25. The van der Waals surface area contributed by atoms with Crippen molar-refractivity contribution in [2.75, 3.05) is 40.4 Å². The third-order valence-electron chi connectivity index (χ3n) is 9.57. The summed E-state index contributed by atoms with van der Waals surface area (Å²) < 4.78 is 5.30. The van der Waals surface area contributed by atoms with Crippen LogP contribution in [0.5, 0.6) is 5.75 Å². The van der Waals surface area contributed by atoms with Crippen LogP contribution in [0.1, 0.15) is 40.4 Å². The average Bonchev–Trinajstić information content (AvgIpc) is 2.94. The first-order valence-corrected chi connectivity index (χ1v) is 14.3. The number of urea groups is 1. The maximum Gasteiger partial charge on any atom is 0.317 e. The summed E-state index contributed by atoms with van der Waals surface area (Å²) in [5.74, 6) is -9.44. The summed E-state index contributed by atoms with van der Waals surface area (Å²) in [5, 5.41) is 36.8. The van der Waals surface area contributed by atoms with Gasteiger partial charge in [0, 0.05) is 31.6 Å². The van der Waals surface area contributed by atoms with E-state index in [-0.39, 0.29) is 36.7 Å². The van der Waals surface area contributed by atoms with Gasteiger partial charge in [0.05, 0.1) is 30.8 Å². The molecule has 2 saturated carbocycles. The van der Waals surface area contributed by atoms with Gasteiger partial charge in [-0.25, -0.2) is 4.79 Å². The summed E-state index contributed by atoms with van der Waals surface area (Å²) in [5.41, 5.74) is 4.23. The van der Waals surface area contributed by atoms with E-state index in [4.69, 9.17) is 10.5 Å². The summed E-state index contributed by atoms with van der Waals surface area (Å²) in [6.07, 6.45) is -1.01. The number of Topliss-reactive ketones (excluding diaryl/α,β-unsaturated/α-hetero) is 3. The predicted octanol–water partition coefficient (Wildman–Crippen LogP) is -1.24. The number of fused-ring (bicyclic) bond motifs is 3. The van der Waals surface area contributed by atoms with E-state index < -0.39 is 64.7 Å². The van der Waals surface area contributed by atoms with Gasteiger partial charge >= 0.3 is 6.03 Å². The number of carbonyl (C=O) groups excluding carboxylic acids is 5. The lowest BCUT2D eigenvalue weighted by Crippen LogP contribution is -2.75. The molecule has 1 heterocycles. The molecule has 1 saturated heterocycles. The molecule has 3 amide bonds. The van der Waals surface area contributed by atoms with Crippen LogP contribution in [0.25, 0.3) is 0 Å². The van der Waals surface area contributed by atoms with Crippen LogP contribution < -0.4 is 11.1 Å². The number of carbonyl (C=O) groups is 5. The van der Waals surface area contributed by atoms with Gasteiger partial charge in [-0.15, -0.1) is 0 Å². The van der Waals surface area contributed by atoms with Crippen LogP contribution in [-0.4, -0.2) is 113 Å². The highest BCUT2D eigenvalue weighted by atomic mass is 16.5. The van der Waals surface area contributed by atoms with E-state index in [1.165, 1.54) is 0 Å². The minimum Gasteiger partial charge on any atom is -0.507 e. The molecule has 3 aliphatic carbocycles. The molecule has 228 valence electrons. The van der Waals surface area contributed by atoms with Crippen LogP contribution in [0.2, 0.25) is 0 Å². The zero-order chi connectivity index (χ0) is 30.7. The summed E-state index contributed by atoms with van der Waals surface area (Å²) >= 11 is 0. The van der Waals surface area contributed by atoms with Crippen molar-refractivity contribution in [2.24, 2.45) is 29.4 Å². The van der Waals surface area contributed by atoms with E-state index in [1.54, 1.807) is 36.9 Å². The van der Waals surface area contributed by atoms with E-state index in [2.05, 4.69) is 5.32 Å². The second-order valence-corrected chi connectivity index (χ2v) is 12.0. The zero-order valence-electron chi connectivity index (χ0n) is 24.0. The van der Waals surface area contributed by atoms with Crippen molar-refractivity contribution in [3.63, 3.8) is 0 Å². The lowest BCUT2D eigenvalue weighted by Gasteiger charge is -2.55. The van der Waals surface area contributed by atoms with E-state index in [1.807, 2.05) is 0 Å². The first-order valence-electron chi connectivity index (χ1n) is 14.3. The Labute approximate surface area is 243 Å². The summed E-state index contributed by atoms with van der Waals surface area (Å²) in [7, 11) is 3.19. The molecule has 42 heavy (non-hydrogen) atoms. The number of phenols is 1. The van der Waals surface area contributed by atoms with E-state index >= 15 is 0 Å². The van der Waals surface area contributed by atoms with E-state index in [0.717, 1.165) is 0 Å². The molecule has 0 spiro atoms. The molecule has 5 rings (SSSR count). The van der Waals surface area contributed by atoms with Gasteiger partial charge in [-0.3, -0.25) is 19.2 Å². The van der Waals surface area contributed by atoms with Crippen LogP contribution in [0.3, 0.4) is 0 Å².